The largest absolute Gasteiger partial charge is 0.286 e. The van der Waals surface area contributed by atoms with E-state index >= 15 is 0 Å². The molecule has 0 aliphatic carbocycles. The summed E-state index contributed by atoms with van der Waals surface area (Å²) < 4.78 is 10.4. The van der Waals surface area contributed by atoms with E-state index in [1.807, 2.05) is 0 Å². The van der Waals surface area contributed by atoms with Crippen molar-refractivity contribution < 1.29 is 9.15 Å². The highest BCUT2D eigenvalue weighted by atomic mass is 17.0. The lowest BCUT2D eigenvalue weighted by atomic mass is 9.76. The van der Waals surface area contributed by atoms with Crippen molar-refractivity contribution in [3.05, 3.63) is 22.8 Å². The van der Waals surface area contributed by atoms with Crippen LogP contribution in [-0.4, -0.2) is 0 Å². The van der Waals surface area contributed by atoms with Crippen LogP contribution in [0.3, 0.4) is 0 Å². The van der Waals surface area contributed by atoms with E-state index in [0.717, 1.165) is 11.2 Å². The van der Waals surface area contributed by atoms with E-state index in [1.165, 1.54) is 16.7 Å². The summed E-state index contributed by atoms with van der Waals surface area (Å²) in [6.45, 7) is 15.7. The number of hydrogen-bond acceptors (Lipinski definition) is 2. The van der Waals surface area contributed by atoms with Crippen molar-refractivity contribution in [1.29, 1.82) is 0 Å². The van der Waals surface area contributed by atoms with Crippen LogP contribution >= 0.6 is 0 Å². The first-order chi connectivity index (χ1) is 8.23. The van der Waals surface area contributed by atoms with Crippen LogP contribution in [0, 0.1) is 0 Å². The summed E-state index contributed by atoms with van der Waals surface area (Å²) >= 11 is 0. The third-order valence-corrected chi connectivity index (χ3v) is 3.50. The van der Waals surface area contributed by atoms with Gasteiger partial charge in [0.1, 0.15) is 0 Å². The maximum absolute atomic E-state index is 5.23. The normalized spacial score (nSPS) is 13.2. The molecule has 0 bridgehead atoms. The average Bonchev–Trinajstić information content (AvgIpc) is 2.15. The highest BCUT2D eigenvalue weighted by molar-refractivity contribution is 5.79. The molecule has 0 radical (unpaired) electrons. The molecular formula is C16H24O2. The van der Waals surface area contributed by atoms with Gasteiger partial charge in [0.2, 0.25) is 11.2 Å². The number of rotatable bonds is 2. The van der Waals surface area contributed by atoms with Gasteiger partial charge in [0.05, 0.1) is 0 Å². The lowest BCUT2D eigenvalue weighted by Crippen LogP contribution is -2.18. The van der Waals surface area contributed by atoms with E-state index in [0.29, 0.717) is 11.8 Å². The molecule has 1 heterocycles. The second kappa shape index (κ2) is 4.18. The van der Waals surface area contributed by atoms with Crippen LogP contribution in [-0.2, 0) is 5.41 Å². The Labute approximate surface area is 109 Å². The zero-order valence-electron chi connectivity index (χ0n) is 12.5. The van der Waals surface area contributed by atoms with Crippen molar-refractivity contribution in [1.82, 2.24) is 0 Å². The van der Waals surface area contributed by atoms with Gasteiger partial charge in [-0.3, -0.25) is 9.15 Å². The maximum atomic E-state index is 5.23. The number of benzene rings is 1. The SMILES string of the molecule is CC(C)c1c(C(C)(C)C)cc2ooc2c1C(C)C. The van der Waals surface area contributed by atoms with Gasteiger partial charge in [0.25, 0.3) is 0 Å². The molecule has 2 aromatic rings. The van der Waals surface area contributed by atoms with Gasteiger partial charge in [-0.25, -0.2) is 0 Å². The fourth-order valence-corrected chi connectivity index (χ4v) is 2.69. The molecule has 0 saturated heterocycles. The molecule has 0 aliphatic heterocycles. The minimum Gasteiger partial charge on any atom is -0.286 e. The van der Waals surface area contributed by atoms with Gasteiger partial charge in [-0.2, -0.15) is 0 Å². The quantitative estimate of drug-likeness (QED) is 0.649. The lowest BCUT2D eigenvalue weighted by molar-refractivity contribution is 0.0575. The predicted molar refractivity (Wildman–Crippen MR) is 75.4 cm³/mol. The maximum Gasteiger partial charge on any atom is 0.229 e. The van der Waals surface area contributed by atoms with E-state index in [4.69, 9.17) is 9.15 Å². The topological polar surface area (TPSA) is 26.3 Å². The van der Waals surface area contributed by atoms with Crippen molar-refractivity contribution in [3.63, 3.8) is 0 Å². The summed E-state index contributed by atoms with van der Waals surface area (Å²) in [6.07, 6.45) is 0. The van der Waals surface area contributed by atoms with E-state index in [1.54, 1.807) is 0 Å². The van der Waals surface area contributed by atoms with E-state index in [-0.39, 0.29) is 5.41 Å². The summed E-state index contributed by atoms with van der Waals surface area (Å²) in [5.74, 6) is 0.938. The Morgan fingerprint density at radius 3 is 1.78 bits per heavy atom. The molecule has 18 heavy (non-hydrogen) atoms. The van der Waals surface area contributed by atoms with Crippen LogP contribution in [0.5, 0.6) is 0 Å². The van der Waals surface area contributed by atoms with Crippen molar-refractivity contribution in [2.75, 3.05) is 0 Å². The Bertz CT molecular complexity index is 547. The fourth-order valence-electron chi connectivity index (χ4n) is 2.69. The first-order valence-electron chi connectivity index (χ1n) is 6.79. The molecule has 2 rings (SSSR count). The molecule has 0 amide bonds. The summed E-state index contributed by atoms with van der Waals surface area (Å²) in [7, 11) is 0. The Kier molecular flexibility index (Phi) is 3.08. The molecule has 2 nitrogen and oxygen atoms in total. The van der Waals surface area contributed by atoms with Gasteiger partial charge < -0.3 is 0 Å². The van der Waals surface area contributed by atoms with E-state index in [9.17, 15) is 0 Å². The van der Waals surface area contributed by atoms with Crippen LogP contribution in [0.15, 0.2) is 15.2 Å². The minimum atomic E-state index is 0.122. The minimum absolute atomic E-state index is 0.122. The monoisotopic (exact) mass is 248 g/mol. The second-order valence-electron chi connectivity index (χ2n) is 6.80. The Balaban J connectivity index is 2.82. The highest BCUT2D eigenvalue weighted by Gasteiger charge is 2.28. The first-order valence-corrected chi connectivity index (χ1v) is 6.79. The van der Waals surface area contributed by atoms with Gasteiger partial charge in [-0.1, -0.05) is 48.5 Å². The molecule has 0 aliphatic rings. The van der Waals surface area contributed by atoms with Crippen molar-refractivity contribution in [2.24, 2.45) is 0 Å². The Morgan fingerprint density at radius 2 is 1.44 bits per heavy atom. The lowest BCUT2D eigenvalue weighted by Gasteiger charge is -2.28. The van der Waals surface area contributed by atoms with Crippen LogP contribution in [0.4, 0.5) is 0 Å². The Hall–Kier alpha value is -1.18. The molecule has 0 spiro atoms. The van der Waals surface area contributed by atoms with Crippen LogP contribution in [0.2, 0.25) is 0 Å². The molecule has 1 aromatic heterocycles. The van der Waals surface area contributed by atoms with E-state index in [2.05, 4.69) is 54.5 Å². The smallest absolute Gasteiger partial charge is 0.229 e. The summed E-state index contributed by atoms with van der Waals surface area (Å²) in [4.78, 5) is 0. The van der Waals surface area contributed by atoms with E-state index < -0.39 is 0 Å². The molecule has 100 valence electrons. The molecule has 2 heteroatoms. The third kappa shape index (κ3) is 1.98. The molecule has 0 N–H and O–H groups in total. The second-order valence-corrected chi connectivity index (χ2v) is 6.80. The van der Waals surface area contributed by atoms with Gasteiger partial charge >= 0.3 is 0 Å². The zero-order chi connectivity index (χ0) is 13.7. The van der Waals surface area contributed by atoms with Crippen molar-refractivity contribution in [2.45, 2.75) is 65.7 Å². The number of fused-ring (bicyclic) bond motifs is 1. The van der Waals surface area contributed by atoms with Gasteiger partial charge in [-0.15, -0.1) is 0 Å². The van der Waals surface area contributed by atoms with Crippen LogP contribution < -0.4 is 0 Å². The zero-order valence-corrected chi connectivity index (χ0v) is 12.5. The first kappa shape index (κ1) is 13.3. The van der Waals surface area contributed by atoms with Gasteiger partial charge in [0, 0.05) is 5.56 Å². The van der Waals surface area contributed by atoms with Crippen molar-refractivity contribution >= 4 is 11.2 Å². The molecule has 1 aromatic carbocycles. The molecule has 0 saturated carbocycles. The fraction of sp³-hybridized carbons (Fsp3) is 0.625. The average molecular weight is 248 g/mol. The predicted octanol–water partition coefficient (Wildman–Crippen LogP) is 5.57. The molecule has 0 atom stereocenters. The molecular weight excluding hydrogens is 224 g/mol. The number of hydrogen-bond donors (Lipinski definition) is 0. The van der Waals surface area contributed by atoms with Gasteiger partial charge in [-0.05, 0) is 34.4 Å². The van der Waals surface area contributed by atoms with Crippen LogP contribution in [0.1, 0.15) is 77.0 Å². The third-order valence-electron chi connectivity index (χ3n) is 3.50. The summed E-state index contributed by atoms with van der Waals surface area (Å²) in [5, 5.41) is 0. The Morgan fingerprint density at radius 1 is 0.889 bits per heavy atom. The molecule has 0 unspecified atom stereocenters. The highest BCUT2D eigenvalue weighted by Crippen LogP contribution is 2.41. The van der Waals surface area contributed by atoms with Crippen LogP contribution in [0.25, 0.3) is 11.2 Å². The standard InChI is InChI=1S/C16H24O2/c1-9(2)13-11(16(5,6)7)8-12-15(18-17-12)14(13)10(3)4/h8-10H,1-7H3. The molecule has 0 fully saturated rings. The van der Waals surface area contributed by atoms with Gasteiger partial charge in [0.15, 0.2) is 0 Å². The summed E-state index contributed by atoms with van der Waals surface area (Å²) in [5.41, 5.74) is 6.09. The summed E-state index contributed by atoms with van der Waals surface area (Å²) in [6, 6.07) is 2.15. The van der Waals surface area contributed by atoms with Crippen molar-refractivity contribution in [3.8, 4) is 0 Å².